The van der Waals surface area contributed by atoms with E-state index in [1.54, 1.807) is 0 Å². The van der Waals surface area contributed by atoms with Crippen molar-refractivity contribution >= 4 is 38.9 Å². The molecule has 0 aliphatic carbocycles. The minimum absolute atomic E-state index is 1.08. The summed E-state index contributed by atoms with van der Waals surface area (Å²) in [5.41, 5.74) is 21.0. The second-order valence-corrected chi connectivity index (χ2v) is 17.3. The third-order valence-electron chi connectivity index (χ3n) is 13.2. The van der Waals surface area contributed by atoms with E-state index in [1.165, 1.54) is 77.4 Å². The van der Waals surface area contributed by atoms with E-state index in [1.807, 2.05) is 0 Å². The standard InChI is InChI=1S/C66H46N2/c1-4-18-47(19-5-1)51-22-14-24-53(44-51)49-36-40-58(41-37-49)67(59-42-38-50(39-43-59)54-25-15-23-52(45-54)48-20-6-2-7-21-48)63-33-12-10-30-60(63)55-26-16-27-56(46-55)61-32-17-35-65-66(61)62-31-11-13-34-64(62)68(65)57-28-8-3-9-29-57/h1-46H. The van der Waals surface area contributed by atoms with Crippen LogP contribution >= 0.6 is 0 Å². The van der Waals surface area contributed by atoms with Gasteiger partial charge in [-0.1, -0.05) is 206 Å². The highest BCUT2D eigenvalue weighted by Crippen LogP contribution is 2.44. The van der Waals surface area contributed by atoms with E-state index in [0.717, 1.165) is 33.9 Å². The van der Waals surface area contributed by atoms with Crippen molar-refractivity contribution in [2.75, 3.05) is 4.90 Å². The van der Waals surface area contributed by atoms with Gasteiger partial charge >= 0.3 is 0 Å². The number of para-hydroxylation sites is 3. The Morgan fingerprint density at radius 1 is 0.250 bits per heavy atom. The number of nitrogens with zero attached hydrogens (tertiary/aromatic N) is 2. The molecular weight excluding hydrogens is 821 g/mol. The van der Waals surface area contributed by atoms with Crippen LogP contribution in [0.5, 0.6) is 0 Å². The summed E-state index contributed by atoms with van der Waals surface area (Å²) in [6.45, 7) is 0. The van der Waals surface area contributed by atoms with Gasteiger partial charge in [-0.25, -0.2) is 0 Å². The summed E-state index contributed by atoms with van der Waals surface area (Å²) in [4.78, 5) is 2.41. The average Bonchev–Trinajstić information content (AvgIpc) is 3.77. The van der Waals surface area contributed by atoms with Crippen LogP contribution in [0.2, 0.25) is 0 Å². The average molecular weight is 867 g/mol. The Balaban J connectivity index is 0.967. The summed E-state index contributed by atoms with van der Waals surface area (Å²) in [5.74, 6) is 0. The maximum Gasteiger partial charge on any atom is 0.0547 e. The first kappa shape index (κ1) is 40.5. The van der Waals surface area contributed by atoms with Gasteiger partial charge in [0, 0.05) is 33.4 Å². The molecule has 68 heavy (non-hydrogen) atoms. The van der Waals surface area contributed by atoms with Crippen molar-refractivity contribution in [3.63, 3.8) is 0 Å². The molecule has 12 rings (SSSR count). The molecule has 0 unspecified atom stereocenters. The van der Waals surface area contributed by atoms with Crippen LogP contribution in [0.1, 0.15) is 0 Å². The van der Waals surface area contributed by atoms with Crippen molar-refractivity contribution in [3.8, 4) is 72.4 Å². The second kappa shape index (κ2) is 17.8. The van der Waals surface area contributed by atoms with Crippen molar-refractivity contribution < 1.29 is 0 Å². The molecule has 320 valence electrons. The van der Waals surface area contributed by atoms with Crippen molar-refractivity contribution in [3.05, 3.63) is 279 Å². The number of rotatable bonds is 10. The van der Waals surface area contributed by atoms with E-state index in [2.05, 4.69) is 289 Å². The van der Waals surface area contributed by atoms with Crippen LogP contribution in [0.15, 0.2) is 279 Å². The van der Waals surface area contributed by atoms with Crippen LogP contribution in [0.4, 0.5) is 17.1 Å². The molecule has 0 fully saturated rings. The predicted octanol–water partition coefficient (Wildman–Crippen LogP) is 18.3. The quantitative estimate of drug-likeness (QED) is 0.133. The molecule has 0 saturated carbocycles. The molecule has 0 amide bonds. The summed E-state index contributed by atoms with van der Waals surface area (Å²) in [7, 11) is 0. The molecule has 11 aromatic carbocycles. The Bertz CT molecular complexity index is 3580. The van der Waals surface area contributed by atoms with Gasteiger partial charge in [-0.05, 0) is 134 Å². The molecule has 12 aromatic rings. The Labute approximate surface area is 397 Å². The van der Waals surface area contributed by atoms with E-state index in [-0.39, 0.29) is 0 Å². The molecule has 0 N–H and O–H groups in total. The molecule has 0 atom stereocenters. The normalized spacial score (nSPS) is 11.2. The summed E-state index contributed by atoms with van der Waals surface area (Å²) in [5, 5.41) is 2.49. The van der Waals surface area contributed by atoms with Crippen LogP contribution in [0.25, 0.3) is 94.3 Å². The smallest absolute Gasteiger partial charge is 0.0547 e. The molecule has 1 aromatic heterocycles. The first-order chi connectivity index (χ1) is 33.7. The number of anilines is 3. The van der Waals surface area contributed by atoms with Crippen molar-refractivity contribution in [2.45, 2.75) is 0 Å². The predicted molar refractivity (Wildman–Crippen MR) is 288 cm³/mol. The van der Waals surface area contributed by atoms with Gasteiger partial charge in [0.15, 0.2) is 0 Å². The second-order valence-electron chi connectivity index (χ2n) is 17.3. The van der Waals surface area contributed by atoms with Gasteiger partial charge in [-0.15, -0.1) is 0 Å². The van der Waals surface area contributed by atoms with Gasteiger partial charge in [0.05, 0.1) is 16.7 Å². The lowest BCUT2D eigenvalue weighted by Gasteiger charge is -2.28. The van der Waals surface area contributed by atoms with Crippen LogP contribution in [0.3, 0.4) is 0 Å². The molecule has 0 aliphatic heterocycles. The number of hydrogen-bond donors (Lipinski definition) is 0. The van der Waals surface area contributed by atoms with Gasteiger partial charge in [-0.3, -0.25) is 0 Å². The fraction of sp³-hybridized carbons (Fsp3) is 0. The molecule has 0 saturated heterocycles. The minimum Gasteiger partial charge on any atom is -0.310 e. The SMILES string of the molecule is c1ccc(-c2cccc(-c3ccc(N(c4ccc(-c5cccc(-c6ccccc6)c5)cc4)c4ccccc4-c4cccc(-c5cccc6c5c5ccccc5n6-c5ccccc5)c4)cc3)c2)cc1. The van der Waals surface area contributed by atoms with E-state index in [9.17, 15) is 0 Å². The molecular formula is C66H46N2. The van der Waals surface area contributed by atoms with Crippen molar-refractivity contribution in [1.82, 2.24) is 4.57 Å². The molecule has 0 radical (unpaired) electrons. The lowest BCUT2D eigenvalue weighted by Crippen LogP contribution is -2.11. The molecule has 1 heterocycles. The van der Waals surface area contributed by atoms with Gasteiger partial charge in [-0.2, -0.15) is 0 Å². The lowest BCUT2D eigenvalue weighted by molar-refractivity contribution is 1.18. The Morgan fingerprint density at radius 2 is 0.632 bits per heavy atom. The maximum absolute atomic E-state index is 2.41. The zero-order valence-corrected chi connectivity index (χ0v) is 37.5. The van der Waals surface area contributed by atoms with Crippen LogP contribution < -0.4 is 4.90 Å². The Hall–Kier alpha value is -8.98. The largest absolute Gasteiger partial charge is 0.310 e. The highest BCUT2D eigenvalue weighted by atomic mass is 15.1. The number of benzene rings is 11. The highest BCUT2D eigenvalue weighted by Gasteiger charge is 2.20. The fourth-order valence-electron chi connectivity index (χ4n) is 9.93. The summed E-state index contributed by atoms with van der Waals surface area (Å²) in [6, 6.07) is 101. The maximum atomic E-state index is 2.41. The Kier molecular flexibility index (Phi) is 10.6. The molecule has 0 spiro atoms. The van der Waals surface area contributed by atoms with Gasteiger partial charge in [0.1, 0.15) is 0 Å². The van der Waals surface area contributed by atoms with Crippen LogP contribution in [-0.4, -0.2) is 4.57 Å². The zero-order chi connectivity index (χ0) is 45.2. The molecule has 2 heteroatoms. The first-order valence-electron chi connectivity index (χ1n) is 23.3. The molecule has 0 bridgehead atoms. The third kappa shape index (κ3) is 7.64. The lowest BCUT2D eigenvalue weighted by atomic mass is 9.94. The van der Waals surface area contributed by atoms with Gasteiger partial charge < -0.3 is 9.47 Å². The van der Waals surface area contributed by atoms with Crippen molar-refractivity contribution in [2.24, 2.45) is 0 Å². The minimum atomic E-state index is 1.08. The summed E-state index contributed by atoms with van der Waals surface area (Å²) >= 11 is 0. The van der Waals surface area contributed by atoms with Crippen molar-refractivity contribution in [1.29, 1.82) is 0 Å². The Morgan fingerprint density at radius 3 is 1.21 bits per heavy atom. The van der Waals surface area contributed by atoms with Crippen LogP contribution in [0, 0.1) is 0 Å². The highest BCUT2D eigenvalue weighted by molar-refractivity contribution is 6.16. The number of aromatic nitrogens is 1. The third-order valence-corrected chi connectivity index (χ3v) is 13.2. The van der Waals surface area contributed by atoms with E-state index in [0.29, 0.717) is 0 Å². The first-order valence-corrected chi connectivity index (χ1v) is 23.3. The monoisotopic (exact) mass is 866 g/mol. The van der Waals surface area contributed by atoms with Crippen LogP contribution in [-0.2, 0) is 0 Å². The van der Waals surface area contributed by atoms with E-state index < -0.39 is 0 Å². The van der Waals surface area contributed by atoms with E-state index in [4.69, 9.17) is 0 Å². The molecule has 2 nitrogen and oxygen atoms in total. The van der Waals surface area contributed by atoms with Gasteiger partial charge in [0.2, 0.25) is 0 Å². The summed E-state index contributed by atoms with van der Waals surface area (Å²) < 4.78 is 2.39. The molecule has 0 aliphatic rings. The summed E-state index contributed by atoms with van der Waals surface area (Å²) in [6.07, 6.45) is 0. The topological polar surface area (TPSA) is 8.17 Å². The fourth-order valence-corrected chi connectivity index (χ4v) is 9.93. The number of hydrogen-bond acceptors (Lipinski definition) is 1. The number of fused-ring (bicyclic) bond motifs is 3. The van der Waals surface area contributed by atoms with E-state index >= 15 is 0 Å². The van der Waals surface area contributed by atoms with Gasteiger partial charge in [0.25, 0.3) is 0 Å². The zero-order valence-electron chi connectivity index (χ0n) is 37.5.